The van der Waals surface area contributed by atoms with Crippen molar-refractivity contribution in [2.75, 3.05) is 13.1 Å². The minimum Gasteiger partial charge on any atom is -0.481 e. The maximum absolute atomic E-state index is 10.7. The minimum absolute atomic E-state index is 0.208. The van der Waals surface area contributed by atoms with Crippen molar-refractivity contribution in [1.29, 1.82) is 0 Å². The SMILES string of the molecule is O=C(O)CC1CCN(Cc2nc(-c3ccco3)no2)C1. The smallest absolute Gasteiger partial charge is 0.303 e. The van der Waals surface area contributed by atoms with Crippen molar-refractivity contribution < 1.29 is 18.8 Å². The molecule has 7 heteroatoms. The van der Waals surface area contributed by atoms with Crippen LogP contribution in [-0.2, 0) is 11.3 Å². The Morgan fingerprint density at radius 2 is 2.45 bits per heavy atom. The van der Waals surface area contributed by atoms with Crippen molar-refractivity contribution in [2.24, 2.45) is 5.92 Å². The number of nitrogens with zero attached hydrogens (tertiary/aromatic N) is 3. The van der Waals surface area contributed by atoms with Crippen LogP contribution in [0.25, 0.3) is 11.6 Å². The molecule has 2 aromatic rings. The van der Waals surface area contributed by atoms with E-state index in [0.717, 1.165) is 19.5 Å². The highest BCUT2D eigenvalue weighted by molar-refractivity contribution is 5.67. The Morgan fingerprint density at radius 3 is 3.20 bits per heavy atom. The van der Waals surface area contributed by atoms with Gasteiger partial charge in [-0.05, 0) is 31.0 Å². The summed E-state index contributed by atoms with van der Waals surface area (Å²) in [6.07, 6.45) is 2.67. The first kappa shape index (κ1) is 12.9. The number of carboxylic acids is 1. The Hall–Kier alpha value is -2.15. The van der Waals surface area contributed by atoms with E-state index in [9.17, 15) is 4.79 Å². The highest BCUT2D eigenvalue weighted by atomic mass is 16.5. The largest absolute Gasteiger partial charge is 0.481 e. The van der Waals surface area contributed by atoms with E-state index in [-0.39, 0.29) is 12.3 Å². The molecule has 3 rings (SSSR count). The number of carbonyl (C=O) groups is 1. The molecule has 0 bridgehead atoms. The van der Waals surface area contributed by atoms with Gasteiger partial charge in [0.25, 0.3) is 0 Å². The lowest BCUT2D eigenvalue weighted by Crippen LogP contribution is -2.21. The van der Waals surface area contributed by atoms with Crippen molar-refractivity contribution in [3.05, 3.63) is 24.3 Å². The Balaban J connectivity index is 1.58. The van der Waals surface area contributed by atoms with Gasteiger partial charge < -0.3 is 14.0 Å². The van der Waals surface area contributed by atoms with E-state index in [2.05, 4.69) is 15.0 Å². The van der Waals surface area contributed by atoms with Crippen LogP contribution in [0.15, 0.2) is 27.3 Å². The van der Waals surface area contributed by atoms with Gasteiger partial charge in [-0.1, -0.05) is 5.16 Å². The molecular formula is C13H15N3O4. The molecule has 0 spiro atoms. The molecular weight excluding hydrogens is 262 g/mol. The van der Waals surface area contributed by atoms with Gasteiger partial charge in [-0.15, -0.1) is 0 Å². The Labute approximate surface area is 115 Å². The van der Waals surface area contributed by atoms with E-state index >= 15 is 0 Å². The Morgan fingerprint density at radius 1 is 1.55 bits per heavy atom. The van der Waals surface area contributed by atoms with Crippen LogP contribution in [0.5, 0.6) is 0 Å². The second kappa shape index (κ2) is 5.46. The van der Waals surface area contributed by atoms with Crippen LogP contribution in [-0.4, -0.2) is 39.2 Å². The van der Waals surface area contributed by atoms with E-state index in [4.69, 9.17) is 14.0 Å². The zero-order valence-corrected chi connectivity index (χ0v) is 10.9. The molecule has 1 aliphatic rings. The maximum atomic E-state index is 10.7. The van der Waals surface area contributed by atoms with Crippen molar-refractivity contribution in [1.82, 2.24) is 15.0 Å². The number of aliphatic carboxylic acids is 1. The van der Waals surface area contributed by atoms with Crippen molar-refractivity contribution in [3.63, 3.8) is 0 Å². The fourth-order valence-electron chi connectivity index (χ4n) is 2.49. The third-order valence-corrected chi connectivity index (χ3v) is 3.40. The van der Waals surface area contributed by atoms with Gasteiger partial charge in [0, 0.05) is 13.0 Å². The van der Waals surface area contributed by atoms with Gasteiger partial charge in [0.15, 0.2) is 5.76 Å². The highest BCUT2D eigenvalue weighted by Gasteiger charge is 2.25. The molecule has 0 radical (unpaired) electrons. The first-order chi connectivity index (χ1) is 9.70. The van der Waals surface area contributed by atoms with E-state index < -0.39 is 5.97 Å². The highest BCUT2D eigenvalue weighted by Crippen LogP contribution is 2.22. The summed E-state index contributed by atoms with van der Waals surface area (Å²) in [5.41, 5.74) is 0. The summed E-state index contributed by atoms with van der Waals surface area (Å²) in [5.74, 6) is 0.999. The summed E-state index contributed by atoms with van der Waals surface area (Å²) in [7, 11) is 0. The van der Waals surface area contributed by atoms with Gasteiger partial charge in [-0.3, -0.25) is 9.69 Å². The Kier molecular flexibility index (Phi) is 3.51. The van der Waals surface area contributed by atoms with Gasteiger partial charge in [0.2, 0.25) is 11.7 Å². The van der Waals surface area contributed by atoms with Crippen LogP contribution >= 0.6 is 0 Å². The maximum Gasteiger partial charge on any atom is 0.303 e. The number of carboxylic acid groups (broad SMARTS) is 1. The summed E-state index contributed by atoms with van der Waals surface area (Å²) in [6.45, 7) is 2.16. The molecule has 2 aromatic heterocycles. The number of hydrogen-bond acceptors (Lipinski definition) is 6. The van der Waals surface area contributed by atoms with Gasteiger partial charge >= 0.3 is 5.97 Å². The fourth-order valence-corrected chi connectivity index (χ4v) is 2.49. The fraction of sp³-hybridized carbons (Fsp3) is 0.462. The first-order valence-electron chi connectivity index (χ1n) is 6.51. The van der Waals surface area contributed by atoms with Crippen molar-refractivity contribution >= 4 is 5.97 Å². The molecule has 0 saturated carbocycles. The van der Waals surface area contributed by atoms with Gasteiger partial charge in [-0.25, -0.2) is 0 Å². The zero-order chi connectivity index (χ0) is 13.9. The van der Waals surface area contributed by atoms with Gasteiger partial charge in [0.05, 0.1) is 12.8 Å². The molecule has 0 amide bonds. The summed E-state index contributed by atoms with van der Waals surface area (Å²) in [4.78, 5) is 17.1. The van der Waals surface area contributed by atoms with Crippen LogP contribution in [0, 0.1) is 5.92 Å². The Bertz CT molecular complexity index is 578. The molecule has 1 unspecified atom stereocenters. The number of rotatable bonds is 5. The predicted molar refractivity (Wildman–Crippen MR) is 67.6 cm³/mol. The lowest BCUT2D eigenvalue weighted by molar-refractivity contribution is -0.138. The molecule has 106 valence electrons. The third kappa shape index (κ3) is 2.88. The molecule has 1 aliphatic heterocycles. The molecule has 1 saturated heterocycles. The molecule has 3 heterocycles. The number of aromatic nitrogens is 2. The van der Waals surface area contributed by atoms with Gasteiger partial charge in [0.1, 0.15) is 0 Å². The number of likely N-dealkylation sites (tertiary alicyclic amines) is 1. The molecule has 20 heavy (non-hydrogen) atoms. The average Bonchev–Trinajstić information content (AvgIpc) is 3.09. The number of hydrogen-bond donors (Lipinski definition) is 1. The predicted octanol–water partition coefficient (Wildman–Crippen LogP) is 1.63. The van der Waals surface area contributed by atoms with E-state index in [1.165, 1.54) is 0 Å². The zero-order valence-electron chi connectivity index (χ0n) is 10.9. The summed E-state index contributed by atoms with van der Waals surface area (Å²) in [6, 6.07) is 3.54. The second-order valence-corrected chi connectivity index (χ2v) is 4.98. The van der Waals surface area contributed by atoms with Crippen LogP contribution < -0.4 is 0 Å². The van der Waals surface area contributed by atoms with Gasteiger partial charge in [-0.2, -0.15) is 4.98 Å². The first-order valence-corrected chi connectivity index (χ1v) is 6.51. The second-order valence-electron chi connectivity index (χ2n) is 4.98. The van der Waals surface area contributed by atoms with E-state index in [0.29, 0.717) is 24.0 Å². The van der Waals surface area contributed by atoms with Crippen LogP contribution in [0.4, 0.5) is 0 Å². The molecule has 1 atom stereocenters. The molecule has 1 fully saturated rings. The standard InChI is InChI=1S/C13H15N3O4/c17-12(18)6-9-3-4-16(7-9)8-11-14-13(15-20-11)10-2-1-5-19-10/h1-2,5,9H,3-4,6-8H2,(H,17,18). The summed E-state index contributed by atoms with van der Waals surface area (Å²) in [5, 5.41) is 12.7. The van der Waals surface area contributed by atoms with Crippen LogP contribution in [0.2, 0.25) is 0 Å². The molecule has 1 N–H and O–H groups in total. The van der Waals surface area contributed by atoms with E-state index in [1.54, 1.807) is 18.4 Å². The lowest BCUT2D eigenvalue weighted by atomic mass is 10.1. The van der Waals surface area contributed by atoms with E-state index in [1.807, 2.05) is 0 Å². The average molecular weight is 277 g/mol. The molecule has 7 nitrogen and oxygen atoms in total. The minimum atomic E-state index is -0.741. The topological polar surface area (TPSA) is 92.6 Å². The lowest BCUT2D eigenvalue weighted by Gasteiger charge is -2.12. The molecule has 0 aliphatic carbocycles. The summed E-state index contributed by atoms with van der Waals surface area (Å²) < 4.78 is 10.4. The van der Waals surface area contributed by atoms with Crippen LogP contribution in [0.1, 0.15) is 18.7 Å². The monoisotopic (exact) mass is 277 g/mol. The summed E-state index contributed by atoms with van der Waals surface area (Å²) >= 11 is 0. The van der Waals surface area contributed by atoms with Crippen molar-refractivity contribution in [2.45, 2.75) is 19.4 Å². The molecule has 0 aromatic carbocycles. The van der Waals surface area contributed by atoms with Crippen molar-refractivity contribution in [3.8, 4) is 11.6 Å². The van der Waals surface area contributed by atoms with Crippen LogP contribution in [0.3, 0.4) is 0 Å². The third-order valence-electron chi connectivity index (χ3n) is 3.40. The normalized spacial score (nSPS) is 19.5. The number of furan rings is 1. The quantitative estimate of drug-likeness (QED) is 0.887.